The van der Waals surface area contributed by atoms with Gasteiger partial charge in [-0.15, -0.1) is 0 Å². The van der Waals surface area contributed by atoms with Gasteiger partial charge in [0.05, 0.1) is 12.2 Å². The molecule has 0 saturated heterocycles. The van der Waals surface area contributed by atoms with Gasteiger partial charge in [0, 0.05) is 20.3 Å². The van der Waals surface area contributed by atoms with Gasteiger partial charge in [-0.25, -0.2) is 4.79 Å². The average molecular weight is 238 g/mol. The average Bonchev–Trinajstić information content (AvgIpc) is 2.30. The summed E-state index contributed by atoms with van der Waals surface area (Å²) in [5, 5.41) is 8.83. The molecule has 4 nitrogen and oxygen atoms in total. The lowest BCUT2D eigenvalue weighted by Crippen LogP contribution is -2.02. The molecule has 0 radical (unpaired) electrons. The first-order valence-corrected chi connectivity index (χ1v) is 5.54. The van der Waals surface area contributed by atoms with Gasteiger partial charge < -0.3 is 14.6 Å². The second kappa shape index (κ2) is 7.04. The molecular formula is C13H18O4. The standard InChI is InChI=1S/C13H18O4/c1-10-8-11(13(14)15)4-5-12(10)9-17-7-3-6-16-2/h4-5,8H,3,6-7,9H2,1-2H3,(H,14,15). The summed E-state index contributed by atoms with van der Waals surface area (Å²) in [4.78, 5) is 10.8. The van der Waals surface area contributed by atoms with Gasteiger partial charge in [0.2, 0.25) is 0 Å². The largest absolute Gasteiger partial charge is 0.478 e. The van der Waals surface area contributed by atoms with Crippen molar-refractivity contribution in [2.24, 2.45) is 0 Å². The number of aryl methyl sites for hydroxylation is 1. The minimum atomic E-state index is -0.902. The van der Waals surface area contributed by atoms with Crippen LogP contribution >= 0.6 is 0 Å². The Morgan fingerprint density at radius 3 is 2.71 bits per heavy atom. The van der Waals surface area contributed by atoms with Crippen LogP contribution in [0.4, 0.5) is 0 Å². The zero-order valence-electron chi connectivity index (χ0n) is 10.2. The molecule has 0 amide bonds. The molecule has 0 aliphatic carbocycles. The third-order valence-electron chi connectivity index (χ3n) is 2.48. The van der Waals surface area contributed by atoms with Crippen molar-refractivity contribution in [1.29, 1.82) is 0 Å². The summed E-state index contributed by atoms with van der Waals surface area (Å²) < 4.78 is 10.4. The minimum Gasteiger partial charge on any atom is -0.478 e. The van der Waals surface area contributed by atoms with Crippen LogP contribution in [0.1, 0.15) is 27.9 Å². The van der Waals surface area contributed by atoms with E-state index in [1.54, 1.807) is 25.3 Å². The lowest BCUT2D eigenvalue weighted by Gasteiger charge is -2.08. The molecule has 0 aliphatic heterocycles. The summed E-state index contributed by atoms with van der Waals surface area (Å²) >= 11 is 0. The van der Waals surface area contributed by atoms with Gasteiger partial charge >= 0.3 is 5.97 Å². The lowest BCUT2D eigenvalue weighted by atomic mass is 10.1. The Hall–Kier alpha value is -1.39. The maximum atomic E-state index is 10.8. The molecule has 1 N–H and O–H groups in total. The van der Waals surface area contributed by atoms with Gasteiger partial charge in [0.1, 0.15) is 0 Å². The molecule has 0 atom stereocenters. The van der Waals surface area contributed by atoms with Crippen LogP contribution in [-0.4, -0.2) is 31.4 Å². The van der Waals surface area contributed by atoms with Crippen molar-refractivity contribution in [1.82, 2.24) is 0 Å². The molecule has 0 bridgehead atoms. The van der Waals surface area contributed by atoms with E-state index in [9.17, 15) is 4.79 Å². The van der Waals surface area contributed by atoms with Gasteiger partial charge in [-0.05, 0) is 36.6 Å². The van der Waals surface area contributed by atoms with Gasteiger partial charge in [-0.1, -0.05) is 6.07 Å². The molecule has 0 heterocycles. The first-order chi connectivity index (χ1) is 8.15. The van der Waals surface area contributed by atoms with Crippen molar-refractivity contribution in [2.75, 3.05) is 20.3 Å². The molecule has 0 aliphatic rings. The highest BCUT2D eigenvalue weighted by Crippen LogP contribution is 2.12. The molecule has 1 aromatic carbocycles. The first kappa shape index (κ1) is 13.7. The Morgan fingerprint density at radius 2 is 2.12 bits per heavy atom. The Bertz CT molecular complexity index is 374. The quantitative estimate of drug-likeness (QED) is 0.740. The van der Waals surface area contributed by atoms with Crippen molar-refractivity contribution in [3.05, 3.63) is 34.9 Å². The van der Waals surface area contributed by atoms with Crippen molar-refractivity contribution in [3.8, 4) is 0 Å². The van der Waals surface area contributed by atoms with Gasteiger partial charge in [0.15, 0.2) is 0 Å². The van der Waals surface area contributed by atoms with Crippen LogP contribution in [0, 0.1) is 6.92 Å². The van der Waals surface area contributed by atoms with Crippen LogP contribution in [0.15, 0.2) is 18.2 Å². The Labute approximate surface area is 101 Å². The van der Waals surface area contributed by atoms with E-state index in [2.05, 4.69) is 0 Å². The predicted molar refractivity (Wildman–Crippen MR) is 64.3 cm³/mol. The van der Waals surface area contributed by atoms with Gasteiger partial charge in [-0.2, -0.15) is 0 Å². The van der Waals surface area contributed by atoms with Crippen molar-refractivity contribution in [3.63, 3.8) is 0 Å². The first-order valence-electron chi connectivity index (χ1n) is 5.54. The smallest absolute Gasteiger partial charge is 0.335 e. The number of methoxy groups -OCH3 is 1. The predicted octanol–water partition coefficient (Wildman–Crippen LogP) is 2.25. The second-order valence-electron chi connectivity index (χ2n) is 3.85. The van der Waals surface area contributed by atoms with E-state index >= 15 is 0 Å². The maximum absolute atomic E-state index is 10.8. The molecule has 4 heteroatoms. The normalized spacial score (nSPS) is 10.5. The zero-order chi connectivity index (χ0) is 12.7. The third-order valence-corrected chi connectivity index (χ3v) is 2.48. The van der Waals surface area contributed by atoms with Crippen LogP contribution in [0.2, 0.25) is 0 Å². The molecule has 0 unspecified atom stereocenters. The van der Waals surface area contributed by atoms with Crippen molar-refractivity contribution in [2.45, 2.75) is 20.0 Å². The van der Waals surface area contributed by atoms with Crippen LogP contribution in [0.25, 0.3) is 0 Å². The van der Waals surface area contributed by atoms with E-state index in [1.165, 1.54) is 0 Å². The highest BCUT2D eigenvalue weighted by atomic mass is 16.5. The molecule has 0 saturated carbocycles. The van der Waals surface area contributed by atoms with E-state index in [0.29, 0.717) is 25.4 Å². The summed E-state index contributed by atoms with van der Waals surface area (Å²) in [6.45, 7) is 3.74. The minimum absolute atomic E-state index is 0.311. The zero-order valence-corrected chi connectivity index (χ0v) is 10.2. The van der Waals surface area contributed by atoms with Crippen LogP contribution in [0.5, 0.6) is 0 Å². The molecular weight excluding hydrogens is 220 g/mol. The number of hydrogen-bond donors (Lipinski definition) is 1. The Kier molecular flexibility index (Phi) is 5.66. The van der Waals surface area contributed by atoms with E-state index in [4.69, 9.17) is 14.6 Å². The number of carboxylic acids is 1. The fourth-order valence-electron chi connectivity index (χ4n) is 1.48. The number of aromatic carboxylic acids is 1. The van der Waals surface area contributed by atoms with Crippen LogP contribution < -0.4 is 0 Å². The van der Waals surface area contributed by atoms with E-state index in [-0.39, 0.29) is 0 Å². The molecule has 1 rings (SSSR count). The number of ether oxygens (including phenoxy) is 2. The molecule has 0 aromatic heterocycles. The summed E-state index contributed by atoms with van der Waals surface area (Å²) in [6, 6.07) is 5.06. The highest BCUT2D eigenvalue weighted by molar-refractivity contribution is 5.87. The second-order valence-corrected chi connectivity index (χ2v) is 3.85. The van der Waals surface area contributed by atoms with Crippen LogP contribution in [0.3, 0.4) is 0 Å². The fourth-order valence-corrected chi connectivity index (χ4v) is 1.48. The molecule has 0 spiro atoms. The lowest BCUT2D eigenvalue weighted by molar-refractivity contribution is 0.0696. The maximum Gasteiger partial charge on any atom is 0.335 e. The topological polar surface area (TPSA) is 55.8 Å². The monoisotopic (exact) mass is 238 g/mol. The summed E-state index contributed by atoms with van der Waals surface area (Å²) in [5.74, 6) is -0.902. The number of hydrogen-bond acceptors (Lipinski definition) is 3. The summed E-state index contributed by atoms with van der Waals surface area (Å²) in [5.41, 5.74) is 2.27. The summed E-state index contributed by atoms with van der Waals surface area (Å²) in [7, 11) is 1.66. The van der Waals surface area contributed by atoms with Gasteiger partial charge in [0.25, 0.3) is 0 Å². The highest BCUT2D eigenvalue weighted by Gasteiger charge is 2.05. The molecule has 17 heavy (non-hydrogen) atoms. The van der Waals surface area contributed by atoms with Crippen molar-refractivity contribution < 1.29 is 19.4 Å². The van der Waals surface area contributed by atoms with E-state index < -0.39 is 5.97 Å². The molecule has 0 fully saturated rings. The molecule has 94 valence electrons. The van der Waals surface area contributed by atoms with E-state index in [0.717, 1.165) is 17.5 Å². The van der Waals surface area contributed by atoms with E-state index in [1.807, 2.05) is 6.92 Å². The fraction of sp³-hybridized carbons (Fsp3) is 0.462. The number of carboxylic acid groups (broad SMARTS) is 1. The van der Waals surface area contributed by atoms with Crippen LogP contribution in [-0.2, 0) is 16.1 Å². The number of rotatable bonds is 7. The Balaban J connectivity index is 2.46. The Morgan fingerprint density at radius 1 is 1.35 bits per heavy atom. The van der Waals surface area contributed by atoms with Gasteiger partial charge in [-0.3, -0.25) is 0 Å². The number of carbonyl (C=O) groups is 1. The molecule has 1 aromatic rings. The third kappa shape index (κ3) is 4.54. The SMILES string of the molecule is COCCCOCc1ccc(C(=O)O)cc1C. The number of benzene rings is 1. The summed E-state index contributed by atoms with van der Waals surface area (Å²) in [6.07, 6.45) is 0.864. The van der Waals surface area contributed by atoms with Crippen molar-refractivity contribution >= 4 is 5.97 Å².